The number of amides is 2. The highest BCUT2D eigenvalue weighted by molar-refractivity contribution is 6.10. The molecule has 168 valence electrons. The molecule has 0 radical (unpaired) electrons. The van der Waals surface area contributed by atoms with Crippen molar-refractivity contribution in [3.63, 3.8) is 0 Å². The van der Waals surface area contributed by atoms with Gasteiger partial charge in [-0.15, -0.1) is 0 Å². The second kappa shape index (κ2) is 7.61. The summed E-state index contributed by atoms with van der Waals surface area (Å²) in [6, 6.07) is 6.79. The lowest BCUT2D eigenvalue weighted by molar-refractivity contribution is -0.137. The van der Waals surface area contributed by atoms with E-state index in [1.54, 1.807) is 35.0 Å². The summed E-state index contributed by atoms with van der Waals surface area (Å²) in [7, 11) is 1.40. The minimum atomic E-state index is -4.72. The highest BCUT2D eigenvalue weighted by atomic mass is 19.4. The number of pyridine rings is 2. The molecule has 0 unspecified atom stereocenters. The third kappa shape index (κ3) is 3.59. The molecule has 3 aromatic heterocycles. The molecule has 11 heteroatoms. The Bertz CT molecular complexity index is 1210. The summed E-state index contributed by atoms with van der Waals surface area (Å²) in [6.45, 7) is 1.31. The number of hydrogen-bond donors (Lipinski definition) is 2. The van der Waals surface area contributed by atoms with E-state index in [-0.39, 0.29) is 5.69 Å². The number of halogens is 3. The first-order valence-electron chi connectivity index (χ1n) is 9.58. The lowest BCUT2D eigenvalue weighted by Gasteiger charge is -2.29. The van der Waals surface area contributed by atoms with E-state index in [4.69, 9.17) is 0 Å². The Morgan fingerprint density at radius 2 is 1.91 bits per heavy atom. The Kier molecular flexibility index (Phi) is 5.18. The van der Waals surface area contributed by atoms with Crippen molar-refractivity contribution in [3.8, 4) is 0 Å². The van der Waals surface area contributed by atoms with E-state index >= 15 is 0 Å². The summed E-state index contributed by atoms with van der Waals surface area (Å²) in [4.78, 5) is 31.6. The van der Waals surface area contributed by atoms with E-state index in [1.165, 1.54) is 14.0 Å². The van der Waals surface area contributed by atoms with E-state index in [2.05, 4.69) is 4.98 Å². The number of aromatic nitrogens is 2. The maximum absolute atomic E-state index is 13.3. The number of aliphatic hydroxyl groups is 2. The van der Waals surface area contributed by atoms with Crippen LogP contribution >= 0.6 is 0 Å². The molecular weight excluding hydrogens is 429 g/mol. The number of carbonyl (C=O) groups is 2. The van der Waals surface area contributed by atoms with Crippen LogP contribution < -0.4 is 9.80 Å². The number of alkyl halides is 3. The van der Waals surface area contributed by atoms with Gasteiger partial charge in [0.15, 0.2) is 6.10 Å². The Morgan fingerprint density at radius 1 is 1.19 bits per heavy atom. The van der Waals surface area contributed by atoms with Gasteiger partial charge in [-0.1, -0.05) is 0 Å². The van der Waals surface area contributed by atoms with E-state index in [0.717, 1.165) is 16.5 Å². The van der Waals surface area contributed by atoms with Crippen LogP contribution in [0.3, 0.4) is 0 Å². The van der Waals surface area contributed by atoms with Crippen molar-refractivity contribution in [1.82, 2.24) is 9.38 Å². The summed E-state index contributed by atoms with van der Waals surface area (Å²) < 4.78 is 41.6. The number of rotatable bonds is 3. The molecule has 2 N–H and O–H groups in total. The molecule has 1 saturated heterocycles. The molecule has 1 fully saturated rings. The normalized spacial score (nSPS) is 21.4. The Morgan fingerprint density at radius 3 is 2.59 bits per heavy atom. The second-order valence-electron chi connectivity index (χ2n) is 7.57. The van der Waals surface area contributed by atoms with Gasteiger partial charge in [-0.2, -0.15) is 13.2 Å². The third-order valence-corrected chi connectivity index (χ3v) is 5.41. The van der Waals surface area contributed by atoms with Crippen LogP contribution in [0, 0.1) is 6.92 Å². The fourth-order valence-corrected chi connectivity index (χ4v) is 3.75. The average Bonchev–Trinajstić information content (AvgIpc) is 3.29. The van der Waals surface area contributed by atoms with Crippen LogP contribution in [-0.2, 0) is 15.8 Å². The molecule has 0 aliphatic carbocycles. The first-order chi connectivity index (χ1) is 15.0. The predicted molar refractivity (Wildman–Crippen MR) is 108 cm³/mol. The topological polar surface area (TPSA) is 98.4 Å². The van der Waals surface area contributed by atoms with Crippen molar-refractivity contribution in [2.24, 2.45) is 0 Å². The number of carbonyl (C=O) groups excluding carboxylic acids is 2. The van der Waals surface area contributed by atoms with Crippen LogP contribution in [0.2, 0.25) is 0 Å². The van der Waals surface area contributed by atoms with Crippen LogP contribution in [0.25, 0.3) is 5.52 Å². The van der Waals surface area contributed by atoms with Crippen LogP contribution in [0.1, 0.15) is 11.3 Å². The van der Waals surface area contributed by atoms with Crippen LogP contribution in [0.15, 0.2) is 48.8 Å². The number of aliphatic hydroxyl groups excluding tert-OH is 2. The second-order valence-corrected chi connectivity index (χ2v) is 7.57. The fraction of sp³-hybridized carbons (Fsp3) is 0.286. The van der Waals surface area contributed by atoms with Gasteiger partial charge < -0.3 is 19.5 Å². The zero-order valence-electron chi connectivity index (χ0n) is 17.0. The zero-order chi connectivity index (χ0) is 23.4. The Hall–Kier alpha value is -3.44. The van der Waals surface area contributed by atoms with E-state index in [0.29, 0.717) is 16.7 Å². The smallest absolute Gasteiger partial charge is 0.387 e. The number of fused-ring (bicyclic) bond motifs is 1. The molecular formula is C21H19F3N4O4. The van der Waals surface area contributed by atoms with E-state index in [1.807, 2.05) is 6.07 Å². The first kappa shape index (κ1) is 21.8. The Labute approximate surface area is 180 Å². The third-order valence-electron chi connectivity index (χ3n) is 5.41. The summed E-state index contributed by atoms with van der Waals surface area (Å²) in [5.74, 6) is -2.40. The number of hydrogen-bond acceptors (Lipinski definition) is 5. The standard InChI is InChI=1S/C21H19F3N4O4/c1-11-8-12(21(22,23)24)9-15(25-11)28-16(17(29)18(30)20(28)32)19(31)26(2)14-6-5-13-4-3-7-27(13)10-14/h3-10,16-18,29-30H,1-2H3/t16-,17-,18-/m0/s1. The number of nitrogens with zero attached hydrogens (tertiary/aromatic N) is 4. The molecule has 4 heterocycles. The minimum absolute atomic E-state index is 0.0453. The molecule has 3 atom stereocenters. The lowest BCUT2D eigenvalue weighted by atomic mass is 10.1. The molecule has 1 aliphatic rings. The van der Waals surface area contributed by atoms with Crippen LogP contribution in [0.4, 0.5) is 24.7 Å². The molecule has 0 bridgehead atoms. The highest BCUT2D eigenvalue weighted by Crippen LogP contribution is 2.34. The number of aryl methyl sites for hydroxylation is 1. The molecule has 0 aromatic carbocycles. The molecule has 0 spiro atoms. The average molecular weight is 448 g/mol. The molecule has 4 rings (SSSR count). The maximum Gasteiger partial charge on any atom is 0.416 e. The maximum atomic E-state index is 13.3. The van der Waals surface area contributed by atoms with Gasteiger partial charge in [0.05, 0.1) is 11.3 Å². The zero-order valence-corrected chi connectivity index (χ0v) is 17.0. The molecule has 0 saturated carbocycles. The largest absolute Gasteiger partial charge is 0.416 e. The summed E-state index contributed by atoms with van der Waals surface area (Å²) >= 11 is 0. The number of anilines is 2. The van der Waals surface area contributed by atoms with Gasteiger partial charge in [-0.3, -0.25) is 14.5 Å². The van der Waals surface area contributed by atoms with Gasteiger partial charge in [0.2, 0.25) is 0 Å². The van der Waals surface area contributed by atoms with Crippen molar-refractivity contribution in [2.75, 3.05) is 16.8 Å². The van der Waals surface area contributed by atoms with Crippen molar-refractivity contribution in [1.29, 1.82) is 0 Å². The monoisotopic (exact) mass is 448 g/mol. The van der Waals surface area contributed by atoms with Crippen molar-refractivity contribution in [3.05, 3.63) is 60.0 Å². The van der Waals surface area contributed by atoms with Gasteiger partial charge in [0.25, 0.3) is 11.8 Å². The quantitative estimate of drug-likeness (QED) is 0.637. The summed E-state index contributed by atoms with van der Waals surface area (Å²) in [6.07, 6.45) is -5.16. The molecule has 32 heavy (non-hydrogen) atoms. The molecule has 8 nitrogen and oxygen atoms in total. The van der Waals surface area contributed by atoms with Gasteiger partial charge in [0, 0.05) is 30.7 Å². The van der Waals surface area contributed by atoms with Crippen LogP contribution in [-0.4, -0.2) is 56.7 Å². The highest BCUT2D eigenvalue weighted by Gasteiger charge is 2.52. The van der Waals surface area contributed by atoms with Gasteiger partial charge >= 0.3 is 6.18 Å². The predicted octanol–water partition coefficient (Wildman–Crippen LogP) is 1.76. The number of likely N-dealkylation sites (N-methyl/N-ethyl adjacent to an activating group) is 1. The minimum Gasteiger partial charge on any atom is -0.387 e. The van der Waals surface area contributed by atoms with E-state index in [9.17, 15) is 33.0 Å². The lowest BCUT2D eigenvalue weighted by Crippen LogP contribution is -2.50. The van der Waals surface area contributed by atoms with Gasteiger partial charge in [-0.25, -0.2) is 4.98 Å². The SMILES string of the molecule is Cc1cc(C(F)(F)F)cc(N2C(=O)[C@@H](O)[C@@H](O)[C@H]2C(=O)N(C)c2ccc3cccn3c2)n1. The summed E-state index contributed by atoms with van der Waals surface area (Å²) in [5, 5.41) is 20.6. The summed E-state index contributed by atoms with van der Waals surface area (Å²) in [5.41, 5.74) is 0.164. The first-order valence-corrected chi connectivity index (χ1v) is 9.58. The van der Waals surface area contributed by atoms with Gasteiger partial charge in [-0.05, 0) is 43.3 Å². The van der Waals surface area contributed by atoms with Crippen LogP contribution in [0.5, 0.6) is 0 Å². The molecule has 1 aliphatic heterocycles. The van der Waals surface area contributed by atoms with Crippen molar-refractivity contribution in [2.45, 2.75) is 31.3 Å². The molecule has 3 aromatic rings. The van der Waals surface area contributed by atoms with Gasteiger partial charge in [0.1, 0.15) is 18.0 Å². The van der Waals surface area contributed by atoms with Crippen molar-refractivity contribution >= 4 is 28.8 Å². The van der Waals surface area contributed by atoms with Crippen molar-refractivity contribution < 1.29 is 33.0 Å². The fourth-order valence-electron chi connectivity index (χ4n) is 3.75. The molecule has 2 amide bonds. The Balaban J connectivity index is 1.75. The van der Waals surface area contributed by atoms with E-state index < -0.39 is 47.6 Å².